The molecule has 0 aromatic carbocycles. The maximum Gasteiger partial charge on any atom is 0.317 e. The number of carbonyl (C=O) groups excluding carboxylic acids is 2. The number of rotatable bonds is 40. The molecule has 0 rings (SSSR count). The molecule has 0 aliphatic carbocycles. The Morgan fingerprint density at radius 3 is 0.852 bits per heavy atom. The van der Waals surface area contributed by atoms with Crippen LogP contribution >= 0.6 is 0 Å². The van der Waals surface area contributed by atoms with Crippen molar-refractivity contribution in [1.82, 2.24) is 56.4 Å². The quantitative estimate of drug-likeness (QED) is 0.0201. The fraction of sp³-hybridized carbons (Fsp3) is 0.688. The van der Waals surface area contributed by atoms with E-state index in [9.17, 15) is 68.4 Å². The zero-order chi connectivity index (χ0) is 46.3. The maximum atomic E-state index is 12.5. The molecule has 0 radical (unpaired) electrons. The number of carboxylic acids is 8. The lowest BCUT2D eigenvalue weighted by atomic mass is 10.3. The van der Waals surface area contributed by atoms with Gasteiger partial charge in [0, 0.05) is 78.5 Å². The third-order valence-electron chi connectivity index (χ3n) is 7.89. The van der Waals surface area contributed by atoms with Crippen molar-refractivity contribution in [2.75, 3.05) is 144 Å². The first kappa shape index (κ1) is 55.3. The highest BCUT2D eigenvalue weighted by atomic mass is 16.4. The Labute approximate surface area is 348 Å². The number of nitrogens with one attached hydrogen (secondary N) is 5. The number of aliphatic carboxylic acids is 8. The van der Waals surface area contributed by atoms with Crippen LogP contribution in [0.3, 0.4) is 0 Å². The Balaban J connectivity index is 4.74. The molecule has 0 saturated heterocycles. The summed E-state index contributed by atoms with van der Waals surface area (Å²) in [7, 11) is 0. The standard InChI is InChI=1S/C32H57N11O18/c44-23(13-33-3-4-38(15-25(46)47)5-6-39(16-26(48)49)8-11-42(19-29(54)55)20-30(56)57)36-34-1-2-35-37-24(45)14-41(18-28(52)53)10-7-40(17-27(50)51)9-12-43(21-31(58)59)22-32(60)61/h33-35H,1-22H2,(H,36,44)(H,37,45)(H,46,47)(H,48,49)(H,50,51)(H,52,53)(H,54,55)(H,56,57)(H,58,59)(H,60,61). The minimum Gasteiger partial charge on any atom is -0.480 e. The van der Waals surface area contributed by atoms with Gasteiger partial charge >= 0.3 is 47.8 Å². The van der Waals surface area contributed by atoms with Crippen molar-refractivity contribution < 1.29 is 88.8 Å². The summed E-state index contributed by atoms with van der Waals surface area (Å²) in [5.74, 6) is -11.2. The molecule has 29 nitrogen and oxygen atoms in total. The summed E-state index contributed by atoms with van der Waals surface area (Å²) >= 11 is 0. The van der Waals surface area contributed by atoms with Crippen molar-refractivity contribution in [3.63, 3.8) is 0 Å². The number of hydrazine groups is 2. The molecule has 0 heterocycles. The van der Waals surface area contributed by atoms with Crippen molar-refractivity contribution in [3.8, 4) is 0 Å². The van der Waals surface area contributed by atoms with Gasteiger partial charge in [-0.1, -0.05) is 0 Å². The molecule has 0 aliphatic heterocycles. The van der Waals surface area contributed by atoms with E-state index < -0.39 is 118 Å². The van der Waals surface area contributed by atoms with Crippen molar-refractivity contribution in [2.24, 2.45) is 0 Å². The Hall–Kier alpha value is -5.66. The van der Waals surface area contributed by atoms with Crippen LogP contribution in [-0.4, -0.2) is 274 Å². The molecule has 0 unspecified atom stereocenters. The van der Waals surface area contributed by atoms with Crippen LogP contribution in [0.2, 0.25) is 0 Å². The maximum absolute atomic E-state index is 12.5. The van der Waals surface area contributed by atoms with Crippen molar-refractivity contribution in [2.45, 2.75) is 0 Å². The smallest absolute Gasteiger partial charge is 0.317 e. The van der Waals surface area contributed by atoms with Gasteiger partial charge in [-0.3, -0.25) is 88.2 Å². The fourth-order valence-corrected chi connectivity index (χ4v) is 5.29. The van der Waals surface area contributed by atoms with E-state index >= 15 is 0 Å². The van der Waals surface area contributed by atoms with E-state index in [2.05, 4.69) is 27.0 Å². The van der Waals surface area contributed by atoms with E-state index in [-0.39, 0.29) is 85.1 Å². The molecule has 0 aliphatic rings. The second kappa shape index (κ2) is 32.2. The molecule has 0 aromatic rings. The van der Waals surface area contributed by atoms with Crippen LogP contribution in [0.25, 0.3) is 0 Å². The molecule has 0 bridgehead atoms. The molecule has 13 N–H and O–H groups in total. The predicted molar refractivity (Wildman–Crippen MR) is 205 cm³/mol. The zero-order valence-corrected chi connectivity index (χ0v) is 33.4. The van der Waals surface area contributed by atoms with Gasteiger partial charge in [-0.25, -0.2) is 10.9 Å². The summed E-state index contributed by atoms with van der Waals surface area (Å²) in [5.41, 5.74) is 9.93. The lowest BCUT2D eigenvalue weighted by Crippen LogP contribution is -2.50. The van der Waals surface area contributed by atoms with Gasteiger partial charge < -0.3 is 46.2 Å². The average molecular weight is 884 g/mol. The summed E-state index contributed by atoms with van der Waals surface area (Å²) in [5, 5.41) is 76.1. The number of amides is 2. The zero-order valence-electron chi connectivity index (χ0n) is 33.4. The highest BCUT2D eigenvalue weighted by Crippen LogP contribution is 1.99. The average Bonchev–Trinajstić information content (AvgIpc) is 3.11. The van der Waals surface area contributed by atoms with Gasteiger partial charge in [-0.2, -0.15) is 0 Å². The van der Waals surface area contributed by atoms with E-state index in [1.807, 2.05) is 0 Å². The molecule has 29 heteroatoms. The van der Waals surface area contributed by atoms with Crippen molar-refractivity contribution >= 4 is 59.6 Å². The molecule has 0 spiro atoms. The minimum absolute atomic E-state index is 0.00988. The van der Waals surface area contributed by atoms with Gasteiger partial charge in [0.2, 0.25) is 11.8 Å². The molecule has 0 aromatic heterocycles. The first-order chi connectivity index (χ1) is 28.6. The summed E-state index contributed by atoms with van der Waals surface area (Å²) in [6.45, 7) is -4.81. The molecular weight excluding hydrogens is 826 g/mol. The van der Waals surface area contributed by atoms with Crippen LogP contribution in [0.5, 0.6) is 0 Å². The van der Waals surface area contributed by atoms with Gasteiger partial charge in [0.15, 0.2) is 0 Å². The van der Waals surface area contributed by atoms with E-state index in [1.165, 1.54) is 19.6 Å². The van der Waals surface area contributed by atoms with Gasteiger partial charge in [0.1, 0.15) is 0 Å². The summed E-state index contributed by atoms with van der Waals surface area (Å²) in [4.78, 5) is 122. The van der Waals surface area contributed by atoms with Crippen molar-refractivity contribution in [1.29, 1.82) is 0 Å². The Morgan fingerprint density at radius 2 is 0.541 bits per heavy atom. The fourth-order valence-electron chi connectivity index (χ4n) is 5.29. The lowest BCUT2D eigenvalue weighted by Gasteiger charge is -2.27. The normalized spacial score (nSPS) is 11.4. The summed E-state index contributed by atoms with van der Waals surface area (Å²) < 4.78 is 0. The lowest BCUT2D eigenvalue weighted by molar-refractivity contribution is -0.144. The first-order valence-corrected chi connectivity index (χ1v) is 18.5. The Bertz CT molecular complexity index is 1430. The second-order valence-electron chi connectivity index (χ2n) is 13.2. The van der Waals surface area contributed by atoms with E-state index in [0.29, 0.717) is 0 Å². The van der Waals surface area contributed by atoms with Gasteiger partial charge in [-0.15, -0.1) is 0 Å². The number of carboxylic acid groups (broad SMARTS) is 8. The SMILES string of the molecule is O=C(O)CN(CCNCC(=O)NNCCNNC(=O)CN(CCN(CCN(CC(=O)O)CC(=O)O)CC(=O)O)CC(=O)O)CCN(CCN(CC(=O)O)CC(=O)O)CC(=O)O. The van der Waals surface area contributed by atoms with Crippen LogP contribution in [0.15, 0.2) is 0 Å². The molecule has 0 saturated carbocycles. The molecule has 61 heavy (non-hydrogen) atoms. The topological polar surface area (TPSA) is 412 Å². The largest absolute Gasteiger partial charge is 0.480 e. The minimum atomic E-state index is -1.29. The molecule has 0 atom stereocenters. The number of hydrogen-bond donors (Lipinski definition) is 13. The van der Waals surface area contributed by atoms with E-state index in [4.69, 9.17) is 20.4 Å². The van der Waals surface area contributed by atoms with Crippen molar-refractivity contribution in [3.05, 3.63) is 0 Å². The molecule has 2 amide bonds. The second-order valence-corrected chi connectivity index (χ2v) is 13.2. The third-order valence-corrected chi connectivity index (χ3v) is 7.89. The van der Waals surface area contributed by atoms with E-state index in [1.54, 1.807) is 0 Å². The Morgan fingerprint density at radius 1 is 0.295 bits per heavy atom. The number of carbonyl (C=O) groups is 10. The van der Waals surface area contributed by atoms with Crippen LogP contribution in [-0.2, 0) is 47.9 Å². The van der Waals surface area contributed by atoms with Crippen LogP contribution in [0, 0.1) is 0 Å². The molecule has 0 fully saturated rings. The highest BCUT2D eigenvalue weighted by molar-refractivity contribution is 5.79. The monoisotopic (exact) mass is 883 g/mol. The Kier molecular flexibility index (Phi) is 29.2. The van der Waals surface area contributed by atoms with Crippen LogP contribution in [0.4, 0.5) is 0 Å². The summed E-state index contributed by atoms with van der Waals surface area (Å²) in [6.07, 6.45) is 0. The summed E-state index contributed by atoms with van der Waals surface area (Å²) in [6, 6.07) is 0. The predicted octanol–water partition coefficient (Wildman–Crippen LogP) is -7.69. The molecule has 348 valence electrons. The van der Waals surface area contributed by atoms with Gasteiger partial charge in [0.25, 0.3) is 0 Å². The first-order valence-electron chi connectivity index (χ1n) is 18.5. The third kappa shape index (κ3) is 33.8. The van der Waals surface area contributed by atoms with Gasteiger partial charge in [0.05, 0.1) is 65.4 Å². The van der Waals surface area contributed by atoms with Crippen LogP contribution < -0.4 is 27.0 Å². The molecular formula is C32H57N11O18. The van der Waals surface area contributed by atoms with E-state index in [0.717, 1.165) is 9.80 Å². The number of hydrogen-bond acceptors (Lipinski definition) is 19. The van der Waals surface area contributed by atoms with Crippen LogP contribution in [0.1, 0.15) is 0 Å². The van der Waals surface area contributed by atoms with Gasteiger partial charge in [-0.05, 0) is 0 Å². The highest BCUT2D eigenvalue weighted by Gasteiger charge is 2.21. The number of nitrogens with zero attached hydrogens (tertiary/aromatic N) is 6.